The van der Waals surface area contributed by atoms with Gasteiger partial charge >= 0.3 is 0 Å². The molecular formula is C16H19FN2. The van der Waals surface area contributed by atoms with Gasteiger partial charge in [-0.25, -0.2) is 4.39 Å². The number of hydrogen-bond acceptors (Lipinski definition) is 2. The van der Waals surface area contributed by atoms with Gasteiger partial charge in [-0.15, -0.1) is 0 Å². The van der Waals surface area contributed by atoms with E-state index in [0.717, 1.165) is 12.0 Å². The van der Waals surface area contributed by atoms with Gasteiger partial charge in [-0.3, -0.25) is 4.98 Å². The van der Waals surface area contributed by atoms with Crippen LogP contribution in [0.15, 0.2) is 42.7 Å². The zero-order valence-electron chi connectivity index (χ0n) is 11.3. The molecule has 1 atom stereocenters. The fraction of sp³-hybridized carbons (Fsp3) is 0.312. The van der Waals surface area contributed by atoms with Gasteiger partial charge in [-0.2, -0.15) is 0 Å². The largest absolute Gasteiger partial charge is 0.320 e. The Labute approximate surface area is 113 Å². The van der Waals surface area contributed by atoms with Crippen molar-refractivity contribution in [3.05, 3.63) is 65.2 Å². The highest BCUT2D eigenvalue weighted by Gasteiger charge is 2.13. The number of rotatable bonds is 4. The minimum atomic E-state index is -0.449. The van der Waals surface area contributed by atoms with E-state index in [4.69, 9.17) is 5.73 Å². The van der Waals surface area contributed by atoms with E-state index in [0.29, 0.717) is 11.5 Å². The van der Waals surface area contributed by atoms with Crippen molar-refractivity contribution in [2.45, 2.75) is 26.3 Å². The summed E-state index contributed by atoms with van der Waals surface area (Å²) in [5, 5.41) is 0. The van der Waals surface area contributed by atoms with Crippen molar-refractivity contribution in [3.8, 4) is 0 Å². The Morgan fingerprint density at radius 3 is 2.74 bits per heavy atom. The van der Waals surface area contributed by atoms with E-state index in [9.17, 15) is 4.39 Å². The zero-order chi connectivity index (χ0) is 13.8. The number of benzene rings is 1. The van der Waals surface area contributed by atoms with E-state index in [1.165, 1.54) is 11.8 Å². The minimum Gasteiger partial charge on any atom is -0.320 e. The van der Waals surface area contributed by atoms with E-state index >= 15 is 0 Å². The van der Waals surface area contributed by atoms with Gasteiger partial charge in [0.1, 0.15) is 5.82 Å². The maximum Gasteiger partial charge on any atom is 0.146 e. The highest BCUT2D eigenvalue weighted by molar-refractivity contribution is 5.33. The van der Waals surface area contributed by atoms with Crippen LogP contribution in [0.25, 0.3) is 0 Å². The van der Waals surface area contributed by atoms with Crippen molar-refractivity contribution in [3.63, 3.8) is 0 Å². The first-order chi connectivity index (χ1) is 9.08. The van der Waals surface area contributed by atoms with E-state index in [1.54, 1.807) is 12.3 Å². The van der Waals surface area contributed by atoms with Crippen molar-refractivity contribution in [2.24, 2.45) is 11.7 Å². The van der Waals surface area contributed by atoms with Crippen LogP contribution in [0.1, 0.15) is 36.6 Å². The lowest BCUT2D eigenvalue weighted by Crippen LogP contribution is -2.14. The van der Waals surface area contributed by atoms with Crippen LogP contribution >= 0.6 is 0 Å². The number of pyridine rings is 1. The summed E-state index contributed by atoms with van der Waals surface area (Å²) in [5.41, 5.74) is 8.80. The topological polar surface area (TPSA) is 38.9 Å². The van der Waals surface area contributed by atoms with E-state index in [2.05, 4.69) is 31.0 Å². The fourth-order valence-corrected chi connectivity index (χ4v) is 2.20. The molecule has 0 radical (unpaired) electrons. The van der Waals surface area contributed by atoms with Crippen molar-refractivity contribution >= 4 is 0 Å². The molecule has 100 valence electrons. The molecule has 2 aromatic rings. The normalized spacial score (nSPS) is 12.7. The molecule has 1 unspecified atom stereocenters. The lowest BCUT2D eigenvalue weighted by Gasteiger charge is -2.15. The summed E-state index contributed by atoms with van der Waals surface area (Å²) in [7, 11) is 0. The van der Waals surface area contributed by atoms with Gasteiger partial charge in [-0.05, 0) is 29.5 Å². The first-order valence-corrected chi connectivity index (χ1v) is 6.51. The summed E-state index contributed by atoms with van der Waals surface area (Å²) < 4.78 is 13.7. The Morgan fingerprint density at radius 1 is 1.26 bits per heavy atom. The number of halogens is 1. The molecule has 0 bridgehead atoms. The molecule has 19 heavy (non-hydrogen) atoms. The molecular weight excluding hydrogens is 239 g/mol. The molecule has 0 amide bonds. The summed E-state index contributed by atoms with van der Waals surface area (Å²) in [6.45, 7) is 4.35. The lowest BCUT2D eigenvalue weighted by atomic mass is 9.95. The summed E-state index contributed by atoms with van der Waals surface area (Å²) in [6, 6.07) is 9.24. The molecule has 1 aromatic heterocycles. The monoisotopic (exact) mass is 258 g/mol. The molecule has 1 heterocycles. The third-order valence-electron chi connectivity index (χ3n) is 3.09. The van der Waals surface area contributed by atoms with E-state index in [-0.39, 0.29) is 5.82 Å². The van der Waals surface area contributed by atoms with Crippen LogP contribution in [-0.4, -0.2) is 4.98 Å². The Hall–Kier alpha value is -1.74. The Bertz CT molecular complexity index is 552. The summed E-state index contributed by atoms with van der Waals surface area (Å²) in [5.74, 6) is 0.230. The zero-order valence-corrected chi connectivity index (χ0v) is 11.3. The fourth-order valence-electron chi connectivity index (χ4n) is 2.20. The van der Waals surface area contributed by atoms with Gasteiger partial charge in [0, 0.05) is 11.8 Å². The van der Waals surface area contributed by atoms with Gasteiger partial charge in [-0.1, -0.05) is 38.1 Å². The average Bonchev–Trinajstić information content (AvgIpc) is 2.38. The Balaban J connectivity index is 2.29. The predicted molar refractivity (Wildman–Crippen MR) is 75.2 cm³/mol. The lowest BCUT2D eigenvalue weighted by molar-refractivity contribution is 0.592. The molecule has 2 nitrogen and oxygen atoms in total. The average molecular weight is 258 g/mol. The minimum absolute atomic E-state index is 0.357. The number of nitrogens with zero attached hydrogens (tertiary/aromatic N) is 1. The first-order valence-electron chi connectivity index (χ1n) is 6.51. The van der Waals surface area contributed by atoms with Crippen LogP contribution in [0.4, 0.5) is 4.39 Å². The van der Waals surface area contributed by atoms with E-state index in [1.807, 2.05) is 12.1 Å². The second kappa shape index (κ2) is 5.93. The summed E-state index contributed by atoms with van der Waals surface area (Å²) in [4.78, 5) is 3.75. The van der Waals surface area contributed by atoms with Crippen LogP contribution < -0.4 is 5.73 Å². The number of hydrogen-bond donors (Lipinski definition) is 1. The van der Waals surface area contributed by atoms with Gasteiger partial charge in [0.15, 0.2) is 0 Å². The highest BCUT2D eigenvalue weighted by atomic mass is 19.1. The molecule has 2 N–H and O–H groups in total. The van der Waals surface area contributed by atoms with E-state index < -0.39 is 6.04 Å². The van der Waals surface area contributed by atoms with Crippen LogP contribution in [0.2, 0.25) is 0 Å². The smallest absolute Gasteiger partial charge is 0.146 e. The second-order valence-corrected chi connectivity index (χ2v) is 5.22. The molecule has 0 spiro atoms. The molecule has 0 saturated carbocycles. The number of nitrogens with two attached hydrogens (primary N) is 1. The molecule has 0 aliphatic carbocycles. The SMILES string of the molecule is CC(C)Cc1cccc(C(N)c2ccncc2F)c1. The van der Waals surface area contributed by atoms with Crippen molar-refractivity contribution in [2.75, 3.05) is 0 Å². The molecule has 0 aliphatic heterocycles. The number of aromatic nitrogens is 1. The van der Waals surface area contributed by atoms with Crippen molar-refractivity contribution < 1.29 is 4.39 Å². The van der Waals surface area contributed by atoms with Gasteiger partial charge in [0.25, 0.3) is 0 Å². The maximum atomic E-state index is 13.7. The Morgan fingerprint density at radius 2 is 2.05 bits per heavy atom. The standard InChI is InChI=1S/C16H19FN2/c1-11(2)8-12-4-3-5-13(9-12)16(18)14-6-7-19-10-15(14)17/h3-7,9-11,16H,8,18H2,1-2H3. The first kappa shape index (κ1) is 13.7. The molecule has 3 heteroatoms. The van der Waals surface area contributed by atoms with Gasteiger partial charge in [0.2, 0.25) is 0 Å². The molecule has 0 aliphatic rings. The third kappa shape index (κ3) is 3.38. The highest BCUT2D eigenvalue weighted by Crippen LogP contribution is 2.23. The van der Waals surface area contributed by atoms with Crippen LogP contribution in [0.5, 0.6) is 0 Å². The third-order valence-corrected chi connectivity index (χ3v) is 3.09. The molecule has 0 fully saturated rings. The second-order valence-electron chi connectivity index (χ2n) is 5.22. The van der Waals surface area contributed by atoms with Crippen LogP contribution in [0.3, 0.4) is 0 Å². The van der Waals surface area contributed by atoms with Crippen molar-refractivity contribution in [1.29, 1.82) is 0 Å². The molecule has 0 saturated heterocycles. The Kier molecular flexibility index (Phi) is 4.27. The quantitative estimate of drug-likeness (QED) is 0.912. The van der Waals surface area contributed by atoms with Gasteiger partial charge in [0.05, 0.1) is 12.2 Å². The van der Waals surface area contributed by atoms with Crippen molar-refractivity contribution in [1.82, 2.24) is 4.98 Å². The predicted octanol–water partition coefficient (Wildman–Crippen LogP) is 3.47. The summed E-state index contributed by atoms with van der Waals surface area (Å²) in [6.07, 6.45) is 3.77. The molecule has 2 rings (SSSR count). The van der Waals surface area contributed by atoms with Gasteiger partial charge < -0.3 is 5.73 Å². The summed E-state index contributed by atoms with van der Waals surface area (Å²) >= 11 is 0. The van der Waals surface area contributed by atoms with Crippen LogP contribution in [-0.2, 0) is 6.42 Å². The van der Waals surface area contributed by atoms with Crippen LogP contribution in [0, 0.1) is 11.7 Å². The molecule has 1 aromatic carbocycles. The maximum absolute atomic E-state index is 13.7.